The summed E-state index contributed by atoms with van der Waals surface area (Å²) in [4.78, 5) is 11.4. The molecule has 4 nitrogen and oxygen atoms in total. The van der Waals surface area contributed by atoms with Crippen LogP contribution in [0, 0.1) is 5.82 Å². The average molecular weight is 259 g/mol. The maximum Gasteiger partial charge on any atom is 0.283 e. The topological polar surface area (TPSA) is 52.1 Å². The monoisotopic (exact) mass is 258 g/mol. The molecule has 1 aromatic carbocycles. The normalized spacial score (nSPS) is 10.1. The summed E-state index contributed by atoms with van der Waals surface area (Å²) in [6, 6.07) is 5.69. The van der Waals surface area contributed by atoms with Gasteiger partial charge < -0.3 is 4.74 Å². The first-order valence-electron chi connectivity index (χ1n) is 4.13. The average Bonchev–Trinajstić information content (AvgIpc) is 2.28. The second-order valence-corrected chi connectivity index (χ2v) is 3.61. The van der Waals surface area contributed by atoms with Gasteiger partial charge in [-0.2, -0.15) is 4.37 Å². The Hall–Kier alpha value is -1.53. The highest BCUT2D eigenvalue weighted by Crippen LogP contribution is 2.20. The minimum Gasteiger partial charge on any atom is -0.432 e. The summed E-state index contributed by atoms with van der Waals surface area (Å²) in [5.41, 5.74) is -0.663. The number of rotatable bonds is 2. The van der Waals surface area contributed by atoms with Gasteiger partial charge in [0.25, 0.3) is 11.3 Å². The number of halogens is 2. The van der Waals surface area contributed by atoms with E-state index in [-0.39, 0.29) is 16.8 Å². The number of hydrogen-bond acceptors (Lipinski definition) is 5. The molecular formula is C9H4ClFN2O2S. The van der Waals surface area contributed by atoms with Crippen LogP contribution in [0.3, 0.4) is 0 Å². The zero-order valence-corrected chi connectivity index (χ0v) is 9.26. The molecule has 0 spiro atoms. The molecule has 2 rings (SSSR count). The summed E-state index contributed by atoms with van der Waals surface area (Å²) in [5, 5.41) is -0.244. The van der Waals surface area contributed by atoms with Gasteiger partial charge in [0.05, 0.1) is 11.7 Å². The Bertz CT molecular complexity index is 575. The molecule has 0 amide bonds. The van der Waals surface area contributed by atoms with Crippen LogP contribution < -0.4 is 10.2 Å². The van der Waals surface area contributed by atoms with Gasteiger partial charge in [-0.05, 0) is 12.1 Å². The van der Waals surface area contributed by atoms with E-state index in [1.54, 1.807) is 6.07 Å². The molecule has 2 aromatic rings. The molecule has 0 fully saturated rings. The van der Waals surface area contributed by atoms with E-state index in [9.17, 15) is 9.18 Å². The van der Waals surface area contributed by atoms with Gasteiger partial charge in [0.15, 0.2) is 16.7 Å². The molecule has 0 radical (unpaired) electrons. The van der Waals surface area contributed by atoms with Crippen LogP contribution >= 0.6 is 23.3 Å². The first-order valence-corrected chi connectivity index (χ1v) is 5.24. The molecule has 1 heterocycles. The number of aromatic nitrogens is 2. The van der Waals surface area contributed by atoms with Gasteiger partial charge in [-0.15, -0.1) is 4.37 Å². The predicted octanol–water partition coefficient (Wildman–Crippen LogP) is 2.48. The third-order valence-electron chi connectivity index (χ3n) is 1.67. The van der Waals surface area contributed by atoms with E-state index in [0.29, 0.717) is 11.7 Å². The summed E-state index contributed by atoms with van der Waals surface area (Å²) in [6.45, 7) is 0. The molecule has 7 heteroatoms. The van der Waals surface area contributed by atoms with Gasteiger partial charge in [0.2, 0.25) is 0 Å². The van der Waals surface area contributed by atoms with Gasteiger partial charge in [0.1, 0.15) is 0 Å². The number of benzene rings is 1. The zero-order valence-electron chi connectivity index (χ0n) is 7.68. The van der Waals surface area contributed by atoms with Crippen LogP contribution in [0.2, 0.25) is 5.15 Å². The Morgan fingerprint density at radius 3 is 2.81 bits per heavy atom. The molecule has 0 bridgehead atoms. The van der Waals surface area contributed by atoms with Crippen LogP contribution in [0.4, 0.5) is 4.39 Å². The van der Waals surface area contributed by atoms with Gasteiger partial charge in [-0.25, -0.2) is 4.39 Å². The first kappa shape index (κ1) is 11.0. The largest absolute Gasteiger partial charge is 0.432 e. The van der Waals surface area contributed by atoms with E-state index in [2.05, 4.69) is 8.75 Å². The summed E-state index contributed by atoms with van der Waals surface area (Å²) >= 11 is 6.21. The van der Waals surface area contributed by atoms with Crippen molar-refractivity contribution in [3.63, 3.8) is 0 Å². The molecule has 0 saturated heterocycles. The lowest BCUT2D eigenvalue weighted by Crippen LogP contribution is -2.08. The summed E-state index contributed by atoms with van der Waals surface area (Å²) in [7, 11) is 0. The van der Waals surface area contributed by atoms with Gasteiger partial charge >= 0.3 is 0 Å². The van der Waals surface area contributed by atoms with Crippen LogP contribution in [0.1, 0.15) is 0 Å². The van der Waals surface area contributed by atoms with Crippen LogP contribution in [0.25, 0.3) is 0 Å². The van der Waals surface area contributed by atoms with Crippen molar-refractivity contribution in [1.29, 1.82) is 0 Å². The van der Waals surface area contributed by atoms with Crippen molar-refractivity contribution >= 4 is 23.3 Å². The Morgan fingerprint density at radius 1 is 1.31 bits per heavy atom. The highest BCUT2D eigenvalue weighted by Gasteiger charge is 2.11. The van der Waals surface area contributed by atoms with Gasteiger partial charge in [0, 0.05) is 0 Å². The van der Waals surface area contributed by atoms with Crippen molar-refractivity contribution in [2.24, 2.45) is 0 Å². The Balaban J connectivity index is 2.39. The fourth-order valence-corrected chi connectivity index (χ4v) is 1.52. The molecule has 1 aromatic heterocycles. The molecule has 0 saturated carbocycles. The molecule has 82 valence electrons. The first-order chi connectivity index (χ1) is 7.68. The standard InChI is InChI=1S/C9H4ClFN2O2S/c10-8-7(14)9(13-16-12-8)15-6-4-2-1-3-5(6)11/h1-4H. The van der Waals surface area contributed by atoms with Crippen molar-refractivity contribution in [2.75, 3.05) is 0 Å². The van der Waals surface area contributed by atoms with E-state index in [1.165, 1.54) is 18.2 Å². The van der Waals surface area contributed by atoms with E-state index < -0.39 is 11.2 Å². The lowest BCUT2D eigenvalue weighted by atomic mass is 10.3. The van der Waals surface area contributed by atoms with E-state index in [1.807, 2.05) is 0 Å². The Morgan fingerprint density at radius 2 is 2.06 bits per heavy atom. The summed E-state index contributed by atoms with van der Waals surface area (Å²) < 4.78 is 25.3. The predicted molar refractivity (Wildman–Crippen MR) is 57.7 cm³/mol. The summed E-state index contributed by atoms with van der Waals surface area (Å²) in [5.74, 6) is -0.946. The maximum atomic E-state index is 13.2. The zero-order chi connectivity index (χ0) is 11.5. The smallest absolute Gasteiger partial charge is 0.283 e. The van der Waals surface area contributed by atoms with Crippen molar-refractivity contribution in [3.05, 3.63) is 45.5 Å². The fraction of sp³-hybridized carbons (Fsp3) is 0. The van der Waals surface area contributed by atoms with Gasteiger partial charge in [-0.3, -0.25) is 4.79 Å². The number of ether oxygens (including phenoxy) is 1. The molecule has 0 N–H and O–H groups in total. The second kappa shape index (κ2) is 4.54. The third kappa shape index (κ3) is 2.17. The van der Waals surface area contributed by atoms with E-state index >= 15 is 0 Å². The summed E-state index contributed by atoms with van der Waals surface area (Å²) in [6.07, 6.45) is 0. The Kier molecular flexibility index (Phi) is 3.12. The minimum absolute atomic E-state index is 0.0819. The molecule has 0 unspecified atom stereocenters. The Labute approximate surface area is 98.6 Å². The fourth-order valence-electron chi connectivity index (χ4n) is 0.961. The molecule has 0 aliphatic carbocycles. The molecule has 0 aliphatic rings. The van der Waals surface area contributed by atoms with E-state index in [0.717, 1.165) is 0 Å². The van der Waals surface area contributed by atoms with Crippen LogP contribution in [-0.2, 0) is 0 Å². The van der Waals surface area contributed by atoms with Crippen molar-refractivity contribution in [1.82, 2.24) is 8.75 Å². The highest BCUT2D eigenvalue weighted by molar-refractivity contribution is 6.99. The maximum absolute atomic E-state index is 13.2. The molecular weight excluding hydrogens is 255 g/mol. The lowest BCUT2D eigenvalue weighted by Gasteiger charge is -2.03. The quantitative estimate of drug-likeness (QED) is 0.830. The second-order valence-electron chi connectivity index (χ2n) is 2.72. The number of hydrogen-bond donors (Lipinski definition) is 0. The minimum atomic E-state index is -0.663. The van der Waals surface area contributed by atoms with Crippen LogP contribution in [0.5, 0.6) is 11.6 Å². The van der Waals surface area contributed by atoms with Crippen molar-refractivity contribution in [3.8, 4) is 11.6 Å². The van der Waals surface area contributed by atoms with Crippen LogP contribution in [-0.4, -0.2) is 8.75 Å². The van der Waals surface area contributed by atoms with Gasteiger partial charge in [-0.1, -0.05) is 23.7 Å². The third-order valence-corrected chi connectivity index (χ3v) is 2.54. The lowest BCUT2D eigenvalue weighted by molar-refractivity contribution is 0.427. The van der Waals surface area contributed by atoms with Crippen molar-refractivity contribution < 1.29 is 9.13 Å². The van der Waals surface area contributed by atoms with Crippen molar-refractivity contribution in [2.45, 2.75) is 0 Å². The number of nitrogens with zero attached hydrogens (tertiary/aromatic N) is 2. The molecule has 0 aliphatic heterocycles. The number of para-hydroxylation sites is 1. The molecule has 0 atom stereocenters. The van der Waals surface area contributed by atoms with Crippen LogP contribution in [0.15, 0.2) is 29.1 Å². The SMILES string of the molecule is O=c1c(Cl)nsnc1Oc1ccccc1F. The highest BCUT2D eigenvalue weighted by atomic mass is 35.5. The molecule has 16 heavy (non-hydrogen) atoms. The van der Waals surface area contributed by atoms with E-state index in [4.69, 9.17) is 16.3 Å².